The van der Waals surface area contributed by atoms with Gasteiger partial charge in [0.15, 0.2) is 0 Å². The Morgan fingerprint density at radius 2 is 2.17 bits per heavy atom. The molecule has 92 valence electrons. The van der Waals surface area contributed by atoms with E-state index in [1.165, 1.54) is 0 Å². The van der Waals surface area contributed by atoms with Crippen molar-refractivity contribution in [1.82, 2.24) is 4.98 Å². The minimum Gasteiger partial charge on any atom is -0.309 e. The van der Waals surface area contributed by atoms with E-state index >= 15 is 0 Å². The van der Waals surface area contributed by atoms with Crippen molar-refractivity contribution in [3.05, 3.63) is 36.0 Å². The summed E-state index contributed by atoms with van der Waals surface area (Å²) in [6.07, 6.45) is 0.558. The highest BCUT2D eigenvalue weighted by atomic mass is 79.9. The summed E-state index contributed by atoms with van der Waals surface area (Å²) in [6, 6.07) is 10.0. The standard InChI is InChI=1S/C14H13BrN2O/c1-9-5-6-10-3-2-4-12(14(10)16-9)17-8-11(15)7-13(17)18/h2-6,11H,7-8H2,1H3. The van der Waals surface area contributed by atoms with Crippen molar-refractivity contribution < 1.29 is 4.79 Å². The number of rotatable bonds is 1. The lowest BCUT2D eigenvalue weighted by Gasteiger charge is -2.17. The second-order valence-electron chi connectivity index (χ2n) is 4.61. The Kier molecular flexibility index (Phi) is 2.82. The highest BCUT2D eigenvalue weighted by Gasteiger charge is 2.29. The largest absolute Gasteiger partial charge is 0.309 e. The van der Waals surface area contributed by atoms with Crippen LogP contribution in [-0.4, -0.2) is 22.3 Å². The monoisotopic (exact) mass is 304 g/mol. The smallest absolute Gasteiger partial charge is 0.228 e. The average Bonchev–Trinajstić information content (AvgIpc) is 2.67. The van der Waals surface area contributed by atoms with Crippen LogP contribution in [0.5, 0.6) is 0 Å². The Hall–Kier alpha value is -1.42. The number of alkyl halides is 1. The number of pyridine rings is 1. The molecule has 18 heavy (non-hydrogen) atoms. The van der Waals surface area contributed by atoms with Gasteiger partial charge in [0.25, 0.3) is 0 Å². The van der Waals surface area contributed by atoms with E-state index in [0.717, 1.165) is 22.3 Å². The molecule has 2 heterocycles. The minimum atomic E-state index is 0.160. The van der Waals surface area contributed by atoms with Crippen molar-refractivity contribution in [3.8, 4) is 0 Å². The first-order chi connectivity index (χ1) is 8.65. The predicted molar refractivity (Wildman–Crippen MR) is 76.2 cm³/mol. The number of hydrogen-bond acceptors (Lipinski definition) is 2. The predicted octanol–water partition coefficient (Wildman–Crippen LogP) is 3.04. The van der Waals surface area contributed by atoms with E-state index in [-0.39, 0.29) is 10.7 Å². The van der Waals surface area contributed by atoms with Gasteiger partial charge in [0.1, 0.15) is 0 Å². The van der Waals surface area contributed by atoms with Gasteiger partial charge in [0.05, 0.1) is 11.2 Å². The zero-order chi connectivity index (χ0) is 12.7. The summed E-state index contributed by atoms with van der Waals surface area (Å²) < 4.78 is 0. The van der Waals surface area contributed by atoms with Crippen molar-refractivity contribution in [2.24, 2.45) is 0 Å². The maximum absolute atomic E-state index is 12.0. The zero-order valence-electron chi connectivity index (χ0n) is 10.1. The number of amides is 1. The Bertz CT molecular complexity index is 626. The van der Waals surface area contributed by atoms with Crippen LogP contribution in [0.15, 0.2) is 30.3 Å². The number of anilines is 1. The van der Waals surface area contributed by atoms with Crippen molar-refractivity contribution in [2.45, 2.75) is 18.2 Å². The summed E-state index contributed by atoms with van der Waals surface area (Å²) in [5, 5.41) is 1.07. The molecular weight excluding hydrogens is 292 g/mol. The molecule has 1 aliphatic heterocycles. The number of fused-ring (bicyclic) bond motifs is 1. The van der Waals surface area contributed by atoms with Crippen LogP contribution >= 0.6 is 15.9 Å². The Balaban J connectivity index is 2.17. The molecule has 0 spiro atoms. The Labute approximate surface area is 114 Å². The number of benzene rings is 1. The molecule has 4 heteroatoms. The van der Waals surface area contributed by atoms with Gasteiger partial charge in [0, 0.05) is 28.9 Å². The molecule has 2 aromatic rings. The van der Waals surface area contributed by atoms with Gasteiger partial charge in [-0.3, -0.25) is 9.78 Å². The first kappa shape index (κ1) is 11.7. The van der Waals surface area contributed by atoms with E-state index < -0.39 is 0 Å². The molecule has 0 saturated carbocycles. The van der Waals surface area contributed by atoms with Crippen molar-refractivity contribution in [1.29, 1.82) is 0 Å². The average molecular weight is 305 g/mol. The third-order valence-electron chi connectivity index (χ3n) is 3.21. The second kappa shape index (κ2) is 4.35. The molecule has 3 rings (SSSR count). The molecule has 1 atom stereocenters. The number of carbonyl (C=O) groups is 1. The molecular formula is C14H13BrN2O. The van der Waals surface area contributed by atoms with Crippen molar-refractivity contribution in [3.63, 3.8) is 0 Å². The number of aromatic nitrogens is 1. The molecule has 3 nitrogen and oxygen atoms in total. The molecule has 0 N–H and O–H groups in total. The minimum absolute atomic E-state index is 0.160. The van der Waals surface area contributed by atoms with Crippen molar-refractivity contribution >= 4 is 38.4 Å². The lowest BCUT2D eigenvalue weighted by atomic mass is 10.1. The second-order valence-corrected chi connectivity index (χ2v) is 5.90. The summed E-state index contributed by atoms with van der Waals surface area (Å²) in [4.78, 5) is 18.6. The number of nitrogens with zero attached hydrogens (tertiary/aromatic N) is 2. The molecule has 1 aromatic heterocycles. The van der Waals surface area contributed by atoms with E-state index in [9.17, 15) is 4.79 Å². The third kappa shape index (κ3) is 1.90. The van der Waals surface area contributed by atoms with Crippen LogP contribution in [0.25, 0.3) is 10.9 Å². The molecule has 1 saturated heterocycles. The topological polar surface area (TPSA) is 33.2 Å². The Morgan fingerprint density at radius 1 is 1.33 bits per heavy atom. The number of aryl methyl sites for hydroxylation is 1. The van der Waals surface area contributed by atoms with E-state index in [1.54, 1.807) is 0 Å². The molecule has 1 fully saturated rings. The maximum atomic E-state index is 12.0. The lowest BCUT2D eigenvalue weighted by molar-refractivity contribution is -0.117. The first-order valence-corrected chi connectivity index (χ1v) is 6.87. The molecule has 1 aliphatic rings. The molecule has 0 bridgehead atoms. The molecule has 0 radical (unpaired) electrons. The fraction of sp³-hybridized carbons (Fsp3) is 0.286. The van der Waals surface area contributed by atoms with Gasteiger partial charge in [0.2, 0.25) is 5.91 Å². The SMILES string of the molecule is Cc1ccc2cccc(N3CC(Br)CC3=O)c2n1. The van der Waals surface area contributed by atoms with Gasteiger partial charge in [-0.05, 0) is 19.1 Å². The van der Waals surface area contributed by atoms with Gasteiger partial charge in [-0.25, -0.2) is 0 Å². The summed E-state index contributed by atoms with van der Waals surface area (Å²) in [7, 11) is 0. The Morgan fingerprint density at radius 3 is 2.89 bits per heavy atom. The van der Waals surface area contributed by atoms with Crippen LogP contribution in [0.2, 0.25) is 0 Å². The summed E-state index contributed by atoms with van der Waals surface area (Å²) in [5.41, 5.74) is 2.80. The molecule has 1 aromatic carbocycles. The van der Waals surface area contributed by atoms with E-state index in [1.807, 2.05) is 42.2 Å². The zero-order valence-corrected chi connectivity index (χ0v) is 11.6. The van der Waals surface area contributed by atoms with Crippen LogP contribution in [0.3, 0.4) is 0 Å². The van der Waals surface area contributed by atoms with Crippen LogP contribution in [-0.2, 0) is 4.79 Å². The number of halogens is 1. The van der Waals surface area contributed by atoms with Gasteiger partial charge in [-0.2, -0.15) is 0 Å². The normalized spacial score (nSPS) is 19.8. The van der Waals surface area contributed by atoms with Crippen LogP contribution in [0.1, 0.15) is 12.1 Å². The van der Waals surface area contributed by atoms with Gasteiger partial charge in [-0.15, -0.1) is 0 Å². The van der Waals surface area contributed by atoms with E-state index in [2.05, 4.69) is 20.9 Å². The van der Waals surface area contributed by atoms with Crippen LogP contribution < -0.4 is 4.90 Å². The first-order valence-electron chi connectivity index (χ1n) is 5.96. The third-order valence-corrected chi connectivity index (χ3v) is 3.82. The maximum Gasteiger partial charge on any atom is 0.228 e. The van der Waals surface area contributed by atoms with Crippen LogP contribution in [0.4, 0.5) is 5.69 Å². The summed E-state index contributed by atoms with van der Waals surface area (Å²) in [6.45, 7) is 2.68. The van der Waals surface area contributed by atoms with Gasteiger partial charge in [-0.1, -0.05) is 34.1 Å². The highest BCUT2D eigenvalue weighted by Crippen LogP contribution is 2.30. The van der Waals surface area contributed by atoms with Gasteiger partial charge < -0.3 is 4.90 Å². The fourth-order valence-corrected chi connectivity index (χ4v) is 2.91. The summed E-state index contributed by atoms with van der Waals surface area (Å²) in [5.74, 6) is 0.160. The number of para-hydroxylation sites is 1. The number of carbonyl (C=O) groups excluding carboxylic acids is 1. The van der Waals surface area contributed by atoms with Crippen LogP contribution in [0, 0.1) is 6.92 Å². The van der Waals surface area contributed by atoms with E-state index in [4.69, 9.17) is 0 Å². The quantitative estimate of drug-likeness (QED) is 0.759. The number of hydrogen-bond donors (Lipinski definition) is 0. The van der Waals surface area contributed by atoms with E-state index in [0.29, 0.717) is 13.0 Å². The molecule has 0 aliphatic carbocycles. The molecule has 1 amide bonds. The fourth-order valence-electron chi connectivity index (χ4n) is 2.34. The summed E-state index contributed by atoms with van der Waals surface area (Å²) >= 11 is 3.51. The molecule has 1 unspecified atom stereocenters. The van der Waals surface area contributed by atoms with Crippen molar-refractivity contribution in [2.75, 3.05) is 11.4 Å². The lowest BCUT2D eigenvalue weighted by Crippen LogP contribution is -2.24. The van der Waals surface area contributed by atoms with Gasteiger partial charge >= 0.3 is 0 Å². The highest BCUT2D eigenvalue weighted by molar-refractivity contribution is 9.09.